The summed E-state index contributed by atoms with van der Waals surface area (Å²) in [6.07, 6.45) is 2.37. The molecule has 0 N–H and O–H groups in total. The molecule has 0 unspecified atom stereocenters. The van der Waals surface area contributed by atoms with Crippen LogP contribution in [0.1, 0.15) is 16.7 Å². The standard InChI is InChI=1S/C24H18N2O5/c27-24-21(25-23(31-24)18-10-12-20(13-11-18)26(28)29)16-19-8-4-5-9-22(19)30-15-14-17-6-2-1-3-7-17/h1-13,16H,14-15H2/b21-16-. The molecule has 0 bridgehead atoms. The number of rotatable bonds is 7. The Kier molecular flexibility index (Phi) is 5.84. The van der Waals surface area contributed by atoms with E-state index >= 15 is 0 Å². The third-order valence-corrected chi connectivity index (χ3v) is 4.65. The summed E-state index contributed by atoms with van der Waals surface area (Å²) >= 11 is 0. The fourth-order valence-corrected chi connectivity index (χ4v) is 3.06. The fraction of sp³-hybridized carbons (Fsp3) is 0.0833. The van der Waals surface area contributed by atoms with Crippen LogP contribution in [0, 0.1) is 10.1 Å². The third kappa shape index (κ3) is 4.84. The van der Waals surface area contributed by atoms with Crippen molar-refractivity contribution in [2.24, 2.45) is 4.99 Å². The molecule has 0 atom stereocenters. The first-order valence-corrected chi connectivity index (χ1v) is 9.63. The van der Waals surface area contributed by atoms with Crippen LogP contribution >= 0.6 is 0 Å². The molecule has 0 fully saturated rings. The van der Waals surface area contributed by atoms with Crippen LogP contribution in [-0.4, -0.2) is 23.4 Å². The number of nitro groups is 1. The highest BCUT2D eigenvalue weighted by atomic mass is 16.6. The molecule has 0 saturated heterocycles. The summed E-state index contributed by atoms with van der Waals surface area (Å²) in [6, 6.07) is 23.1. The van der Waals surface area contributed by atoms with Gasteiger partial charge in [0.05, 0.1) is 11.5 Å². The minimum Gasteiger partial charge on any atom is -0.493 e. The SMILES string of the molecule is O=C1OC(c2ccc([N+](=O)[O-])cc2)=N/C1=C\c1ccccc1OCCc1ccccc1. The van der Waals surface area contributed by atoms with E-state index in [0.29, 0.717) is 23.5 Å². The number of non-ortho nitro benzene ring substituents is 1. The van der Waals surface area contributed by atoms with E-state index in [0.717, 1.165) is 6.42 Å². The van der Waals surface area contributed by atoms with Crippen molar-refractivity contribution in [1.29, 1.82) is 0 Å². The minimum absolute atomic E-state index is 0.0500. The second-order valence-corrected chi connectivity index (χ2v) is 6.76. The second-order valence-electron chi connectivity index (χ2n) is 6.76. The predicted octanol–water partition coefficient (Wildman–Crippen LogP) is 4.56. The number of carbonyl (C=O) groups is 1. The Balaban J connectivity index is 1.51. The number of nitro benzene ring substituents is 1. The van der Waals surface area contributed by atoms with Crippen molar-refractivity contribution in [2.45, 2.75) is 6.42 Å². The Hall–Kier alpha value is -4.26. The van der Waals surface area contributed by atoms with Gasteiger partial charge < -0.3 is 9.47 Å². The number of para-hydroxylation sites is 1. The van der Waals surface area contributed by atoms with Gasteiger partial charge in [0.2, 0.25) is 5.90 Å². The summed E-state index contributed by atoms with van der Waals surface area (Å²) in [5.41, 5.74) is 2.44. The molecule has 31 heavy (non-hydrogen) atoms. The molecule has 0 spiro atoms. The minimum atomic E-state index is -0.590. The Bertz CT molecular complexity index is 1170. The van der Waals surface area contributed by atoms with Crippen molar-refractivity contribution in [1.82, 2.24) is 0 Å². The molecule has 3 aromatic rings. The highest BCUT2D eigenvalue weighted by molar-refractivity contribution is 6.13. The smallest absolute Gasteiger partial charge is 0.363 e. The molecule has 0 amide bonds. The highest BCUT2D eigenvalue weighted by Crippen LogP contribution is 2.25. The first-order valence-electron chi connectivity index (χ1n) is 9.63. The third-order valence-electron chi connectivity index (χ3n) is 4.65. The van der Waals surface area contributed by atoms with E-state index in [1.807, 2.05) is 54.6 Å². The van der Waals surface area contributed by atoms with Crippen molar-refractivity contribution in [3.05, 3.63) is 111 Å². The number of ether oxygens (including phenoxy) is 2. The Morgan fingerprint density at radius 1 is 0.968 bits per heavy atom. The molecule has 7 nitrogen and oxygen atoms in total. The van der Waals surface area contributed by atoms with Gasteiger partial charge in [-0.15, -0.1) is 0 Å². The molecular weight excluding hydrogens is 396 g/mol. The number of carbonyl (C=O) groups excluding carboxylic acids is 1. The van der Waals surface area contributed by atoms with Crippen LogP contribution in [0.4, 0.5) is 5.69 Å². The maximum absolute atomic E-state index is 12.3. The zero-order valence-corrected chi connectivity index (χ0v) is 16.4. The second kappa shape index (κ2) is 9.04. The Morgan fingerprint density at radius 2 is 1.68 bits per heavy atom. The highest BCUT2D eigenvalue weighted by Gasteiger charge is 2.25. The largest absolute Gasteiger partial charge is 0.493 e. The number of esters is 1. The molecular formula is C24H18N2O5. The van der Waals surface area contributed by atoms with Crippen LogP contribution in [0.15, 0.2) is 89.6 Å². The van der Waals surface area contributed by atoms with Gasteiger partial charge in [0.1, 0.15) is 5.75 Å². The number of nitrogens with zero attached hydrogens (tertiary/aromatic N) is 2. The van der Waals surface area contributed by atoms with Gasteiger partial charge in [-0.05, 0) is 29.8 Å². The summed E-state index contributed by atoms with van der Waals surface area (Å²) in [6.45, 7) is 0.492. The van der Waals surface area contributed by atoms with Crippen molar-refractivity contribution in [3.63, 3.8) is 0 Å². The maximum Gasteiger partial charge on any atom is 0.363 e. The zero-order valence-electron chi connectivity index (χ0n) is 16.4. The lowest BCUT2D eigenvalue weighted by molar-refractivity contribution is -0.384. The number of hydrogen-bond acceptors (Lipinski definition) is 6. The van der Waals surface area contributed by atoms with Crippen molar-refractivity contribution >= 4 is 23.6 Å². The van der Waals surface area contributed by atoms with Crippen molar-refractivity contribution in [2.75, 3.05) is 6.61 Å². The topological polar surface area (TPSA) is 91.0 Å². The van der Waals surface area contributed by atoms with E-state index in [-0.39, 0.29) is 17.3 Å². The lowest BCUT2D eigenvalue weighted by Crippen LogP contribution is -2.05. The van der Waals surface area contributed by atoms with Gasteiger partial charge in [0, 0.05) is 29.7 Å². The maximum atomic E-state index is 12.3. The molecule has 1 aliphatic rings. The van der Waals surface area contributed by atoms with Gasteiger partial charge in [-0.2, -0.15) is 0 Å². The first kappa shape index (κ1) is 20.0. The van der Waals surface area contributed by atoms with Gasteiger partial charge in [-0.1, -0.05) is 48.5 Å². The molecule has 1 aliphatic heterocycles. The molecule has 7 heteroatoms. The van der Waals surface area contributed by atoms with Crippen LogP contribution in [-0.2, 0) is 16.0 Å². The summed E-state index contributed by atoms with van der Waals surface area (Å²) < 4.78 is 11.2. The number of aliphatic imine (C=N–C) groups is 1. The molecule has 0 aromatic heterocycles. The number of benzene rings is 3. The summed E-state index contributed by atoms with van der Waals surface area (Å²) in [5, 5.41) is 10.8. The van der Waals surface area contributed by atoms with Crippen LogP contribution in [0.2, 0.25) is 0 Å². The van der Waals surface area contributed by atoms with Gasteiger partial charge in [0.25, 0.3) is 5.69 Å². The van der Waals surface area contributed by atoms with Gasteiger partial charge in [-0.3, -0.25) is 10.1 Å². The lowest BCUT2D eigenvalue weighted by atomic mass is 10.1. The molecule has 1 heterocycles. The summed E-state index contributed by atoms with van der Waals surface area (Å²) in [5.74, 6) is 0.152. The molecule has 0 saturated carbocycles. The van der Waals surface area contributed by atoms with Crippen molar-refractivity contribution < 1.29 is 19.2 Å². The summed E-state index contributed by atoms with van der Waals surface area (Å²) in [4.78, 5) is 26.9. The fourth-order valence-electron chi connectivity index (χ4n) is 3.06. The van der Waals surface area contributed by atoms with Crippen LogP contribution in [0.25, 0.3) is 6.08 Å². The van der Waals surface area contributed by atoms with Gasteiger partial charge in [-0.25, -0.2) is 9.79 Å². The average Bonchev–Trinajstić information content (AvgIpc) is 3.16. The van der Waals surface area contributed by atoms with Crippen LogP contribution in [0.3, 0.4) is 0 Å². The van der Waals surface area contributed by atoms with Gasteiger partial charge >= 0.3 is 5.97 Å². The van der Waals surface area contributed by atoms with E-state index in [1.54, 1.807) is 6.08 Å². The first-order chi connectivity index (χ1) is 15.1. The lowest BCUT2D eigenvalue weighted by Gasteiger charge is -2.09. The normalized spacial score (nSPS) is 14.3. The molecule has 154 valence electrons. The van der Waals surface area contributed by atoms with Gasteiger partial charge in [0.15, 0.2) is 5.70 Å². The van der Waals surface area contributed by atoms with Crippen LogP contribution in [0.5, 0.6) is 5.75 Å². The Morgan fingerprint density at radius 3 is 2.42 bits per heavy atom. The van der Waals surface area contributed by atoms with Crippen LogP contribution < -0.4 is 4.74 Å². The quantitative estimate of drug-likeness (QED) is 0.245. The molecule has 4 rings (SSSR count). The van der Waals surface area contributed by atoms with E-state index in [2.05, 4.69) is 4.99 Å². The van der Waals surface area contributed by atoms with E-state index in [1.165, 1.54) is 29.8 Å². The van der Waals surface area contributed by atoms with E-state index < -0.39 is 10.9 Å². The van der Waals surface area contributed by atoms with E-state index in [9.17, 15) is 14.9 Å². The predicted molar refractivity (Wildman–Crippen MR) is 116 cm³/mol. The number of hydrogen-bond donors (Lipinski definition) is 0. The van der Waals surface area contributed by atoms with E-state index in [4.69, 9.17) is 9.47 Å². The van der Waals surface area contributed by atoms with Crippen molar-refractivity contribution in [3.8, 4) is 5.75 Å². The average molecular weight is 414 g/mol. The Labute approximate surface area is 178 Å². The monoisotopic (exact) mass is 414 g/mol. The number of cyclic esters (lactones) is 1. The molecule has 3 aromatic carbocycles. The summed E-state index contributed by atoms with van der Waals surface area (Å²) in [7, 11) is 0. The molecule has 0 aliphatic carbocycles. The molecule has 0 radical (unpaired) electrons. The zero-order chi connectivity index (χ0) is 21.6.